The smallest absolute Gasteiger partial charge is 0.310 e. The maximum Gasteiger partial charge on any atom is 0.310 e. The summed E-state index contributed by atoms with van der Waals surface area (Å²) < 4.78 is 5.53. The Morgan fingerprint density at radius 2 is 2.07 bits per heavy atom. The van der Waals surface area contributed by atoms with E-state index in [1.54, 1.807) is 0 Å². The summed E-state index contributed by atoms with van der Waals surface area (Å²) in [5.74, 6) is -0.299. The molecule has 3 nitrogen and oxygen atoms in total. The van der Waals surface area contributed by atoms with Crippen LogP contribution in [0.2, 0.25) is 0 Å². The Kier molecular flexibility index (Phi) is 2.39. The van der Waals surface area contributed by atoms with E-state index < -0.39 is 11.9 Å². The molecule has 0 bridgehead atoms. The Hall–Kier alpha value is -1.51. The van der Waals surface area contributed by atoms with Gasteiger partial charge in [0.2, 0.25) is 0 Å². The highest BCUT2D eigenvalue weighted by Crippen LogP contribution is 2.33. The molecule has 0 aliphatic carbocycles. The predicted molar refractivity (Wildman–Crippen MR) is 56.2 cm³/mol. The van der Waals surface area contributed by atoms with Crippen LogP contribution in [0.25, 0.3) is 0 Å². The van der Waals surface area contributed by atoms with Crippen molar-refractivity contribution in [3.63, 3.8) is 0 Å². The fraction of sp³-hybridized carbons (Fsp3) is 0.417. The summed E-state index contributed by atoms with van der Waals surface area (Å²) in [6, 6.07) is 4.02. The van der Waals surface area contributed by atoms with Crippen LogP contribution in [0.4, 0.5) is 0 Å². The Balaban J connectivity index is 2.41. The Labute approximate surface area is 88.7 Å². The van der Waals surface area contributed by atoms with Gasteiger partial charge in [0.15, 0.2) is 0 Å². The Bertz CT molecular complexity index is 410. The van der Waals surface area contributed by atoms with Crippen molar-refractivity contribution in [2.75, 3.05) is 6.61 Å². The lowest BCUT2D eigenvalue weighted by Gasteiger charge is -2.25. The summed E-state index contributed by atoms with van der Waals surface area (Å²) in [6.07, 6.45) is 0.582. The number of rotatable bonds is 1. The third-order valence-electron chi connectivity index (χ3n) is 2.92. The van der Waals surface area contributed by atoms with Crippen LogP contribution in [-0.4, -0.2) is 17.7 Å². The average molecular weight is 206 g/mol. The lowest BCUT2D eigenvalue weighted by Crippen LogP contribution is -2.28. The van der Waals surface area contributed by atoms with Crippen molar-refractivity contribution in [2.24, 2.45) is 5.92 Å². The molecule has 3 heteroatoms. The molecule has 0 saturated heterocycles. The van der Waals surface area contributed by atoms with Gasteiger partial charge in [0.05, 0.1) is 5.92 Å². The molecule has 0 aromatic heterocycles. The van der Waals surface area contributed by atoms with E-state index >= 15 is 0 Å². The number of aryl methyl sites for hydroxylation is 2. The molecule has 80 valence electrons. The molecule has 1 aliphatic rings. The number of carbonyl (C=O) groups is 1. The van der Waals surface area contributed by atoms with E-state index in [4.69, 9.17) is 9.84 Å². The predicted octanol–water partition coefficient (Wildman–Crippen LogP) is 1.94. The van der Waals surface area contributed by atoms with Gasteiger partial charge in [-0.25, -0.2) is 0 Å². The minimum absolute atomic E-state index is 0.284. The van der Waals surface area contributed by atoms with Gasteiger partial charge in [0.25, 0.3) is 0 Å². The molecule has 2 rings (SSSR count). The molecule has 1 N–H and O–H groups in total. The van der Waals surface area contributed by atoms with Gasteiger partial charge in [-0.05, 0) is 37.0 Å². The topological polar surface area (TPSA) is 46.5 Å². The standard InChI is InChI=1S/C12H14O3/c1-7-3-4-8(2)11-10(7)5-9(6-15-11)12(13)14/h3-4,9H,5-6H2,1-2H3,(H,13,14). The number of benzene rings is 1. The van der Waals surface area contributed by atoms with Crippen molar-refractivity contribution in [3.05, 3.63) is 28.8 Å². The van der Waals surface area contributed by atoms with E-state index in [1.165, 1.54) is 0 Å². The Morgan fingerprint density at radius 3 is 2.73 bits per heavy atom. The molecule has 1 aliphatic heterocycles. The highest BCUT2D eigenvalue weighted by molar-refractivity contribution is 5.71. The average Bonchev–Trinajstić information content (AvgIpc) is 2.23. The van der Waals surface area contributed by atoms with E-state index in [-0.39, 0.29) is 6.61 Å². The second kappa shape index (κ2) is 3.57. The van der Waals surface area contributed by atoms with Crippen molar-refractivity contribution in [3.8, 4) is 5.75 Å². The highest BCUT2D eigenvalue weighted by Gasteiger charge is 2.27. The van der Waals surface area contributed by atoms with Gasteiger partial charge >= 0.3 is 5.97 Å². The van der Waals surface area contributed by atoms with Gasteiger partial charge in [-0.1, -0.05) is 12.1 Å². The first kappa shape index (κ1) is 10.0. The van der Waals surface area contributed by atoms with Crippen LogP contribution in [-0.2, 0) is 11.2 Å². The number of aliphatic carboxylic acids is 1. The molecular weight excluding hydrogens is 192 g/mol. The van der Waals surface area contributed by atoms with Crippen molar-refractivity contribution in [1.29, 1.82) is 0 Å². The summed E-state index contributed by atoms with van der Waals surface area (Å²) in [5, 5.41) is 8.94. The molecule has 1 unspecified atom stereocenters. The van der Waals surface area contributed by atoms with Crippen LogP contribution >= 0.6 is 0 Å². The maximum absolute atomic E-state index is 10.9. The van der Waals surface area contributed by atoms with Gasteiger partial charge in [0.1, 0.15) is 12.4 Å². The van der Waals surface area contributed by atoms with E-state index in [2.05, 4.69) is 0 Å². The zero-order chi connectivity index (χ0) is 11.0. The molecule has 0 fully saturated rings. The lowest BCUT2D eigenvalue weighted by molar-refractivity contribution is -0.143. The van der Waals surface area contributed by atoms with E-state index in [1.807, 2.05) is 26.0 Å². The monoisotopic (exact) mass is 206 g/mol. The van der Waals surface area contributed by atoms with Gasteiger partial charge in [-0.15, -0.1) is 0 Å². The summed E-state index contributed by atoms with van der Waals surface area (Å²) >= 11 is 0. The second-order valence-corrected chi connectivity index (χ2v) is 4.06. The van der Waals surface area contributed by atoms with Crippen LogP contribution in [0, 0.1) is 19.8 Å². The van der Waals surface area contributed by atoms with Gasteiger partial charge in [-0.2, -0.15) is 0 Å². The summed E-state index contributed by atoms with van der Waals surface area (Å²) in [5.41, 5.74) is 3.25. The Morgan fingerprint density at radius 1 is 1.40 bits per heavy atom. The number of fused-ring (bicyclic) bond motifs is 1. The first-order valence-corrected chi connectivity index (χ1v) is 5.04. The minimum Gasteiger partial charge on any atom is -0.492 e. The van der Waals surface area contributed by atoms with E-state index in [0.29, 0.717) is 6.42 Å². The molecule has 15 heavy (non-hydrogen) atoms. The largest absolute Gasteiger partial charge is 0.492 e. The molecule has 1 heterocycles. The molecule has 1 aromatic rings. The molecule has 0 radical (unpaired) electrons. The fourth-order valence-electron chi connectivity index (χ4n) is 1.95. The normalized spacial score (nSPS) is 19.2. The van der Waals surface area contributed by atoms with Crippen LogP contribution in [0.1, 0.15) is 16.7 Å². The number of carboxylic acid groups (broad SMARTS) is 1. The third kappa shape index (κ3) is 1.69. The quantitative estimate of drug-likeness (QED) is 0.763. The van der Waals surface area contributed by atoms with Gasteiger partial charge in [-0.3, -0.25) is 4.79 Å². The van der Waals surface area contributed by atoms with Crippen molar-refractivity contribution < 1.29 is 14.6 Å². The second-order valence-electron chi connectivity index (χ2n) is 4.06. The maximum atomic E-state index is 10.9. The minimum atomic E-state index is -0.776. The van der Waals surface area contributed by atoms with Gasteiger partial charge < -0.3 is 9.84 Å². The SMILES string of the molecule is Cc1ccc(C)c2c1CC(C(=O)O)CO2. The van der Waals surface area contributed by atoms with Crippen molar-refractivity contribution in [2.45, 2.75) is 20.3 Å². The zero-order valence-electron chi connectivity index (χ0n) is 8.91. The van der Waals surface area contributed by atoms with Gasteiger partial charge in [0, 0.05) is 0 Å². The molecular formula is C12H14O3. The highest BCUT2D eigenvalue weighted by atomic mass is 16.5. The number of hydrogen-bond acceptors (Lipinski definition) is 2. The number of carboxylic acids is 1. The van der Waals surface area contributed by atoms with Crippen molar-refractivity contribution in [1.82, 2.24) is 0 Å². The first-order chi connectivity index (χ1) is 7.09. The molecule has 1 aromatic carbocycles. The third-order valence-corrected chi connectivity index (χ3v) is 2.92. The van der Waals surface area contributed by atoms with Crippen LogP contribution in [0.5, 0.6) is 5.75 Å². The number of hydrogen-bond donors (Lipinski definition) is 1. The lowest BCUT2D eigenvalue weighted by atomic mass is 9.92. The zero-order valence-corrected chi connectivity index (χ0v) is 8.91. The molecule has 0 saturated carbocycles. The molecule has 0 amide bonds. The van der Waals surface area contributed by atoms with Crippen molar-refractivity contribution >= 4 is 5.97 Å². The number of ether oxygens (including phenoxy) is 1. The van der Waals surface area contributed by atoms with Crippen LogP contribution in [0.15, 0.2) is 12.1 Å². The van der Waals surface area contributed by atoms with Crippen LogP contribution < -0.4 is 4.74 Å². The fourth-order valence-corrected chi connectivity index (χ4v) is 1.95. The molecule has 0 spiro atoms. The first-order valence-electron chi connectivity index (χ1n) is 5.04. The van der Waals surface area contributed by atoms with E-state index in [0.717, 1.165) is 22.4 Å². The van der Waals surface area contributed by atoms with E-state index in [9.17, 15) is 4.79 Å². The molecule has 1 atom stereocenters. The summed E-state index contributed by atoms with van der Waals surface area (Å²) in [6.45, 7) is 4.26. The summed E-state index contributed by atoms with van der Waals surface area (Å²) in [7, 11) is 0. The van der Waals surface area contributed by atoms with Crippen LogP contribution in [0.3, 0.4) is 0 Å². The summed E-state index contributed by atoms with van der Waals surface area (Å²) in [4.78, 5) is 10.9.